The molecule has 0 radical (unpaired) electrons. The van der Waals surface area contributed by atoms with Crippen LogP contribution in [-0.2, 0) is 18.4 Å². The smallest absolute Gasteiger partial charge is 0.294 e. The van der Waals surface area contributed by atoms with Crippen LogP contribution in [0.5, 0.6) is 0 Å². The second kappa shape index (κ2) is 11.8. The number of alkyl halides is 12. The molecule has 40 heavy (non-hydrogen) atoms. The van der Waals surface area contributed by atoms with Gasteiger partial charge in [0.25, 0.3) is 0 Å². The molecule has 0 spiro atoms. The van der Waals surface area contributed by atoms with Crippen LogP contribution >= 0.6 is 38.6 Å². The predicted octanol–water partition coefficient (Wildman–Crippen LogP) is 11.5. The lowest BCUT2D eigenvalue weighted by Gasteiger charge is -2.22. The van der Waals surface area contributed by atoms with E-state index in [1.54, 1.807) is 9.03 Å². The fraction of sp³-hybridized carbons (Fsp3) is 0.875. The van der Waals surface area contributed by atoms with E-state index in [0.717, 1.165) is 0 Å². The van der Waals surface area contributed by atoms with Crippen molar-refractivity contribution in [2.24, 2.45) is 22.6 Å². The van der Waals surface area contributed by atoms with E-state index in [1.807, 2.05) is 0 Å². The normalized spacial score (nSPS) is 32.0. The number of hydrogen-bond donors (Lipinski definition) is 0. The quantitative estimate of drug-likeness (QED) is 0.192. The Hall–Kier alpha value is -0.560. The monoisotopic (exact) mass is 733 g/mol. The Morgan fingerprint density at radius 1 is 0.500 bits per heavy atom. The highest BCUT2D eigenvalue weighted by Crippen LogP contribution is 2.82. The number of nitrogens with zero attached hydrogens (tertiary/aromatic N) is 5. The highest BCUT2D eigenvalue weighted by molar-refractivity contribution is 7.86. The molecule has 1 aliphatic rings. The summed E-state index contributed by atoms with van der Waals surface area (Å²) < 4.78 is 256. The van der Waals surface area contributed by atoms with Crippen LogP contribution in [0, 0.1) is 0 Å². The van der Waals surface area contributed by atoms with Crippen LogP contribution in [0.4, 0.5) is 77.9 Å². The summed E-state index contributed by atoms with van der Waals surface area (Å²) >= 11 is 0. The molecule has 0 aromatic carbocycles. The zero-order valence-electron chi connectivity index (χ0n) is 17.5. The molecule has 4 atom stereocenters. The summed E-state index contributed by atoms with van der Waals surface area (Å²) in [5.41, 5.74) is -4.25. The van der Waals surface area contributed by atoms with Gasteiger partial charge in [-0.3, -0.25) is 18.4 Å². The number of carbonyl (C=O) groups excluding carboxylic acids is 1. The van der Waals surface area contributed by atoms with Gasteiger partial charge in [0.15, 0.2) is 19.8 Å². The molecular weight excluding hydrogens is 727 g/mol. The molecule has 0 aromatic rings. The lowest BCUT2D eigenvalue weighted by molar-refractivity contribution is -0.161. The van der Waals surface area contributed by atoms with Crippen LogP contribution in [0.15, 0.2) is 22.6 Å². The lowest BCUT2D eigenvalue weighted by Crippen LogP contribution is -2.21. The van der Waals surface area contributed by atoms with Crippen LogP contribution in [0.1, 0.15) is 0 Å². The molecule has 0 amide bonds. The molecule has 0 fully saturated rings. The third kappa shape index (κ3) is 12.8. The molecule has 1 rings (SSSR count). The molecule has 0 aromatic heterocycles. The Morgan fingerprint density at radius 2 is 0.800 bits per heavy atom. The van der Waals surface area contributed by atoms with Crippen molar-refractivity contribution in [1.82, 2.24) is 0 Å². The van der Waals surface area contributed by atoms with Gasteiger partial charge in [-0.2, -0.15) is 74.0 Å². The van der Waals surface area contributed by atoms with Gasteiger partial charge in [0.05, 0.1) is 0 Å². The molecule has 0 saturated carbocycles. The van der Waals surface area contributed by atoms with Crippen molar-refractivity contribution in [3.05, 3.63) is 0 Å². The molecular formula is C8H6F18N5O4P5. The maximum atomic E-state index is 15.1. The SMILES string of the molecule is O=C(C(F)(F)F)P1(F)=NP(F)(F)=NP(F)(OCC(F)(F)F)=NP(F)(OCC(F)(F)F)=NP(F)(OCC(F)(F)F)=N1. The molecule has 0 bridgehead atoms. The predicted molar refractivity (Wildman–Crippen MR) is 100 cm³/mol. The number of halogens is 18. The maximum Gasteiger partial charge on any atom is 0.460 e. The molecule has 0 N–H and O–H groups in total. The van der Waals surface area contributed by atoms with Crippen molar-refractivity contribution in [2.45, 2.75) is 24.7 Å². The van der Waals surface area contributed by atoms with Crippen LogP contribution in [-0.4, -0.2) is 50.1 Å². The molecule has 1 aliphatic heterocycles. The van der Waals surface area contributed by atoms with Gasteiger partial charge in [-0.05, 0) is 0 Å². The Bertz CT molecular complexity index is 1260. The first kappa shape index (κ1) is 37.5. The van der Waals surface area contributed by atoms with E-state index in [0.29, 0.717) is 0 Å². The van der Waals surface area contributed by atoms with Crippen molar-refractivity contribution >= 4 is 44.1 Å². The van der Waals surface area contributed by atoms with E-state index in [-0.39, 0.29) is 0 Å². The fourth-order valence-corrected chi connectivity index (χ4v) is 12.7. The summed E-state index contributed by atoms with van der Waals surface area (Å²) in [5, 5.41) is 0. The summed E-state index contributed by atoms with van der Waals surface area (Å²) in [6.07, 6.45) is -24.2. The van der Waals surface area contributed by atoms with E-state index in [4.69, 9.17) is 0 Å². The van der Waals surface area contributed by atoms with Gasteiger partial charge in [-0.15, -0.1) is 26.5 Å². The highest BCUT2D eigenvalue weighted by atomic mass is 31.3. The van der Waals surface area contributed by atoms with Gasteiger partial charge in [-0.25, -0.2) is 0 Å². The first-order valence-corrected chi connectivity index (χ1v) is 16.0. The molecule has 9 nitrogen and oxygen atoms in total. The van der Waals surface area contributed by atoms with E-state index >= 15 is 8.39 Å². The average molecular weight is 733 g/mol. The number of hydrogen-bond acceptors (Lipinski definition) is 9. The summed E-state index contributed by atoms with van der Waals surface area (Å²) in [6, 6.07) is 0. The fourth-order valence-electron chi connectivity index (χ4n) is 1.65. The van der Waals surface area contributed by atoms with Gasteiger partial charge >= 0.3 is 68.8 Å². The van der Waals surface area contributed by atoms with E-state index < -0.39 is 88.6 Å². The highest BCUT2D eigenvalue weighted by Gasteiger charge is 2.54. The van der Waals surface area contributed by atoms with E-state index in [9.17, 15) is 74.3 Å². The Labute approximate surface area is 208 Å². The first-order valence-electron chi connectivity index (χ1n) is 8.43. The van der Waals surface area contributed by atoms with Crippen molar-refractivity contribution in [3.63, 3.8) is 0 Å². The lowest BCUT2D eigenvalue weighted by atomic mass is 10.7. The van der Waals surface area contributed by atoms with Crippen LogP contribution in [0.2, 0.25) is 0 Å². The Morgan fingerprint density at radius 3 is 1.10 bits per heavy atom. The molecule has 238 valence electrons. The number of rotatable bonds is 7. The molecule has 4 unspecified atom stereocenters. The topological polar surface area (TPSA) is 107 Å². The van der Waals surface area contributed by atoms with Crippen molar-refractivity contribution in [2.75, 3.05) is 19.8 Å². The third-order valence-electron chi connectivity index (χ3n) is 2.79. The van der Waals surface area contributed by atoms with Gasteiger partial charge < -0.3 is 0 Å². The molecule has 0 aliphatic carbocycles. The molecule has 32 heteroatoms. The summed E-state index contributed by atoms with van der Waals surface area (Å²) in [6.45, 7) is -9.50. The Kier molecular flexibility index (Phi) is 11.1. The summed E-state index contributed by atoms with van der Waals surface area (Å²) in [4.78, 5) is 11.4. The van der Waals surface area contributed by atoms with Crippen molar-refractivity contribution in [3.8, 4) is 0 Å². The van der Waals surface area contributed by atoms with Gasteiger partial charge in [-0.1, -0.05) is 0 Å². The van der Waals surface area contributed by atoms with Crippen molar-refractivity contribution < 1.29 is 96.2 Å². The van der Waals surface area contributed by atoms with Crippen LogP contribution in [0.25, 0.3) is 0 Å². The molecule has 1 heterocycles. The minimum atomic E-state index is -7.85. The first-order chi connectivity index (χ1) is 17.3. The largest absolute Gasteiger partial charge is 0.460 e. The summed E-state index contributed by atoms with van der Waals surface area (Å²) in [5.74, 6) is 0. The molecule has 0 saturated heterocycles. The van der Waals surface area contributed by atoms with E-state index in [1.165, 1.54) is 13.5 Å². The number of carbonyl (C=O) groups is 1. The standard InChI is InChI=1S/C8H6F18N5O4P5/c9-5(10,11)1-33-38(24)28-36(21,4(32)8(18,19)20)27-37(22,23)29-39(25,34-2-6(12,13)14)31-40(26,30-38)35-3-7(15,16)17/h1-3H2. The maximum absolute atomic E-state index is 15.1. The zero-order valence-corrected chi connectivity index (χ0v) is 22.0. The van der Waals surface area contributed by atoms with Crippen molar-refractivity contribution in [1.29, 1.82) is 0 Å². The summed E-state index contributed by atoms with van der Waals surface area (Å²) in [7, 11) is -37.8. The minimum Gasteiger partial charge on any atom is -0.294 e. The van der Waals surface area contributed by atoms with Gasteiger partial charge in [0, 0.05) is 0 Å². The van der Waals surface area contributed by atoms with E-state index in [2.05, 4.69) is 13.6 Å². The second-order valence-electron chi connectivity index (χ2n) is 6.32. The average Bonchev–Trinajstić information content (AvgIpc) is 2.65. The van der Waals surface area contributed by atoms with Gasteiger partial charge in [0.1, 0.15) is 0 Å². The third-order valence-corrected chi connectivity index (χ3v) is 13.8. The minimum absolute atomic E-state index is 1.20. The van der Waals surface area contributed by atoms with Gasteiger partial charge in [0.2, 0.25) is 0 Å². The second-order valence-corrected chi connectivity index (χ2v) is 15.9. The Balaban J connectivity index is 4.39. The zero-order chi connectivity index (χ0) is 31.9. The van der Waals surface area contributed by atoms with Crippen LogP contribution < -0.4 is 0 Å². The van der Waals surface area contributed by atoms with Crippen LogP contribution in [0.3, 0.4) is 0 Å².